The smallest absolute Gasteiger partial charge is 0.335 e. The third-order valence-electron chi connectivity index (χ3n) is 5.64. The number of benzene rings is 3. The molecule has 0 aliphatic carbocycles. The average molecular weight is 437 g/mol. The van der Waals surface area contributed by atoms with Gasteiger partial charge in [0.05, 0.1) is 16.5 Å². The lowest BCUT2D eigenvalue weighted by atomic mass is 10.1. The lowest BCUT2D eigenvalue weighted by molar-refractivity contribution is 0.0696. The van der Waals surface area contributed by atoms with Crippen LogP contribution in [-0.2, 0) is 6.54 Å². The van der Waals surface area contributed by atoms with Crippen LogP contribution in [0, 0.1) is 0 Å². The first-order chi connectivity index (χ1) is 16.0. The summed E-state index contributed by atoms with van der Waals surface area (Å²) in [6.45, 7) is 0.584. The molecule has 2 heterocycles. The van der Waals surface area contributed by atoms with Crippen molar-refractivity contribution in [3.05, 3.63) is 106 Å². The molecule has 1 aliphatic rings. The number of carboxylic acid groups (broad SMARTS) is 1. The van der Waals surface area contributed by atoms with Crippen molar-refractivity contribution in [2.24, 2.45) is 0 Å². The quantitative estimate of drug-likeness (QED) is 0.496. The topological polar surface area (TPSA) is 101 Å². The molecule has 0 saturated carbocycles. The monoisotopic (exact) mass is 437 g/mol. The van der Waals surface area contributed by atoms with Gasteiger partial charge in [-0.15, -0.1) is 0 Å². The zero-order valence-corrected chi connectivity index (χ0v) is 17.5. The van der Waals surface area contributed by atoms with Crippen molar-refractivity contribution in [3.63, 3.8) is 0 Å². The lowest BCUT2D eigenvalue weighted by Gasteiger charge is -2.09. The van der Waals surface area contributed by atoms with Crippen LogP contribution in [0.2, 0.25) is 0 Å². The second-order valence-electron chi connectivity index (χ2n) is 7.79. The number of hydrogen-bond donors (Lipinski definition) is 2. The molecular formula is C26H19N3O4. The fourth-order valence-electron chi connectivity index (χ4n) is 3.95. The van der Waals surface area contributed by atoms with Gasteiger partial charge in [0.25, 0.3) is 11.5 Å². The molecule has 33 heavy (non-hydrogen) atoms. The highest BCUT2D eigenvalue weighted by molar-refractivity contribution is 6.05. The largest absolute Gasteiger partial charge is 0.478 e. The molecule has 0 bridgehead atoms. The van der Waals surface area contributed by atoms with Crippen molar-refractivity contribution in [1.82, 2.24) is 9.55 Å². The summed E-state index contributed by atoms with van der Waals surface area (Å²) in [6, 6.07) is 20.6. The van der Waals surface area contributed by atoms with Crippen LogP contribution in [-0.4, -0.2) is 26.5 Å². The number of aromatic carboxylic acids is 1. The number of amides is 1. The molecule has 0 radical (unpaired) electrons. The first-order valence-electron chi connectivity index (χ1n) is 10.4. The van der Waals surface area contributed by atoms with E-state index in [0.29, 0.717) is 34.5 Å². The second-order valence-corrected chi connectivity index (χ2v) is 7.79. The highest BCUT2D eigenvalue weighted by Gasteiger charge is 2.21. The number of rotatable bonds is 4. The van der Waals surface area contributed by atoms with Gasteiger partial charge in [-0.2, -0.15) is 0 Å². The van der Waals surface area contributed by atoms with Gasteiger partial charge in [0.1, 0.15) is 5.82 Å². The van der Waals surface area contributed by atoms with E-state index in [1.165, 1.54) is 24.3 Å². The molecule has 0 spiro atoms. The SMILES string of the molecule is O=C(O)c1ccc(C(=O)Nc2ccc3c(=O)n4c(nc3c2)C(=Cc2ccccc2)CC4)cc1. The Morgan fingerprint density at radius 2 is 1.70 bits per heavy atom. The lowest BCUT2D eigenvalue weighted by Crippen LogP contribution is -2.21. The van der Waals surface area contributed by atoms with Crippen molar-refractivity contribution in [2.45, 2.75) is 13.0 Å². The molecular weight excluding hydrogens is 418 g/mol. The number of aromatic nitrogens is 2. The third-order valence-corrected chi connectivity index (χ3v) is 5.64. The molecule has 2 N–H and O–H groups in total. The summed E-state index contributed by atoms with van der Waals surface area (Å²) in [5.41, 5.74) is 3.38. The number of carboxylic acids is 1. The van der Waals surface area contributed by atoms with Gasteiger partial charge in [-0.1, -0.05) is 30.3 Å². The van der Waals surface area contributed by atoms with Crippen LogP contribution in [0.4, 0.5) is 5.69 Å². The minimum Gasteiger partial charge on any atom is -0.478 e. The Labute approximate surface area is 188 Å². The number of nitrogens with zero attached hydrogens (tertiary/aromatic N) is 2. The van der Waals surface area contributed by atoms with Crippen molar-refractivity contribution >= 4 is 40.1 Å². The van der Waals surface area contributed by atoms with Crippen molar-refractivity contribution in [1.29, 1.82) is 0 Å². The molecule has 4 aromatic rings. The van der Waals surface area contributed by atoms with Crippen molar-refractivity contribution in [2.75, 3.05) is 5.32 Å². The number of allylic oxidation sites excluding steroid dienone is 1. The molecule has 162 valence electrons. The summed E-state index contributed by atoms with van der Waals surface area (Å²) in [7, 11) is 0. The highest BCUT2D eigenvalue weighted by atomic mass is 16.4. The molecule has 1 aromatic heterocycles. The van der Waals surface area contributed by atoms with Crippen molar-refractivity contribution < 1.29 is 14.7 Å². The first kappa shape index (κ1) is 20.4. The van der Waals surface area contributed by atoms with Crippen LogP contribution in [0.1, 0.15) is 38.5 Å². The van der Waals surface area contributed by atoms with Crippen LogP contribution >= 0.6 is 0 Å². The molecule has 0 atom stereocenters. The van der Waals surface area contributed by atoms with Crippen LogP contribution in [0.15, 0.2) is 77.6 Å². The Morgan fingerprint density at radius 1 is 0.970 bits per heavy atom. The van der Waals surface area contributed by atoms with E-state index in [1.54, 1.807) is 22.8 Å². The third kappa shape index (κ3) is 3.92. The fraction of sp³-hybridized carbons (Fsp3) is 0.0769. The van der Waals surface area contributed by atoms with Gasteiger partial charge in [-0.3, -0.25) is 14.2 Å². The maximum absolute atomic E-state index is 13.0. The second kappa shape index (κ2) is 8.20. The summed E-state index contributed by atoms with van der Waals surface area (Å²) in [4.78, 5) is 41.3. The minimum atomic E-state index is -1.05. The first-order valence-corrected chi connectivity index (χ1v) is 10.4. The number of anilines is 1. The fourth-order valence-corrected chi connectivity index (χ4v) is 3.95. The van der Waals surface area contributed by atoms with E-state index < -0.39 is 5.97 Å². The highest BCUT2D eigenvalue weighted by Crippen LogP contribution is 2.28. The van der Waals surface area contributed by atoms with E-state index in [4.69, 9.17) is 10.1 Å². The Morgan fingerprint density at radius 3 is 2.42 bits per heavy atom. The molecule has 0 saturated heterocycles. The van der Waals surface area contributed by atoms with Crippen molar-refractivity contribution in [3.8, 4) is 0 Å². The Bertz CT molecular complexity index is 1490. The van der Waals surface area contributed by atoms with E-state index in [-0.39, 0.29) is 17.0 Å². The summed E-state index contributed by atoms with van der Waals surface area (Å²) in [5, 5.41) is 12.3. The Hall–Kier alpha value is -4.52. The van der Waals surface area contributed by atoms with E-state index in [9.17, 15) is 14.4 Å². The van der Waals surface area contributed by atoms with E-state index in [2.05, 4.69) is 5.32 Å². The molecule has 3 aromatic carbocycles. The van der Waals surface area contributed by atoms with Gasteiger partial charge < -0.3 is 10.4 Å². The maximum atomic E-state index is 13.0. The van der Waals surface area contributed by atoms with E-state index >= 15 is 0 Å². The Balaban J connectivity index is 1.47. The van der Waals surface area contributed by atoms with Gasteiger partial charge >= 0.3 is 5.97 Å². The van der Waals surface area contributed by atoms with E-state index in [0.717, 1.165) is 17.6 Å². The molecule has 0 unspecified atom stereocenters. The van der Waals surface area contributed by atoms with Crippen LogP contribution in [0.25, 0.3) is 22.6 Å². The van der Waals surface area contributed by atoms with E-state index in [1.807, 2.05) is 36.4 Å². The standard InChI is InChI=1S/C26H19N3O4/c30-24(17-6-8-18(9-7-17)26(32)33)27-20-10-11-21-22(15-20)28-23-19(12-13-29(23)25(21)31)14-16-4-2-1-3-5-16/h1-11,14-15H,12-13H2,(H,27,30)(H,32,33). The summed E-state index contributed by atoms with van der Waals surface area (Å²) >= 11 is 0. The average Bonchev–Trinajstić information content (AvgIpc) is 3.22. The molecule has 0 fully saturated rings. The van der Waals surface area contributed by atoms with Crippen LogP contribution in [0.3, 0.4) is 0 Å². The van der Waals surface area contributed by atoms with Gasteiger partial charge in [0, 0.05) is 17.8 Å². The normalized spacial score (nSPS) is 13.8. The molecule has 5 rings (SSSR count). The summed E-state index contributed by atoms with van der Waals surface area (Å²) in [6.07, 6.45) is 2.77. The molecule has 7 heteroatoms. The van der Waals surface area contributed by atoms with Gasteiger partial charge in [-0.05, 0) is 66.1 Å². The van der Waals surface area contributed by atoms with Crippen LogP contribution in [0.5, 0.6) is 0 Å². The molecule has 1 aliphatic heterocycles. The zero-order chi connectivity index (χ0) is 22.9. The van der Waals surface area contributed by atoms with Crippen LogP contribution < -0.4 is 10.9 Å². The molecule has 1 amide bonds. The molecule has 7 nitrogen and oxygen atoms in total. The predicted octanol–water partition coefficient (Wildman–Crippen LogP) is 4.29. The maximum Gasteiger partial charge on any atom is 0.335 e. The summed E-state index contributed by atoms with van der Waals surface area (Å²) in [5.74, 6) is -0.792. The summed E-state index contributed by atoms with van der Waals surface area (Å²) < 4.78 is 1.69. The minimum absolute atomic E-state index is 0.103. The number of hydrogen-bond acceptors (Lipinski definition) is 4. The van der Waals surface area contributed by atoms with Gasteiger partial charge in [0.15, 0.2) is 0 Å². The number of fused-ring (bicyclic) bond motifs is 2. The number of carbonyl (C=O) groups excluding carboxylic acids is 1. The predicted molar refractivity (Wildman–Crippen MR) is 126 cm³/mol. The Kier molecular flexibility index (Phi) is 5.06. The zero-order valence-electron chi connectivity index (χ0n) is 17.5. The van der Waals surface area contributed by atoms with Gasteiger partial charge in [0.2, 0.25) is 0 Å². The number of carbonyl (C=O) groups is 2. The van der Waals surface area contributed by atoms with Gasteiger partial charge in [-0.25, -0.2) is 9.78 Å². The number of nitrogens with one attached hydrogen (secondary N) is 1.